The summed E-state index contributed by atoms with van der Waals surface area (Å²) in [5.41, 5.74) is 2.29. The van der Waals surface area contributed by atoms with Crippen LogP contribution in [0, 0.1) is 10.6 Å². The molecule has 1 saturated heterocycles. The molecule has 1 N–H and O–H groups in total. The second-order valence-electron chi connectivity index (χ2n) is 7.59. The van der Waals surface area contributed by atoms with Crippen molar-refractivity contribution in [2.75, 3.05) is 26.3 Å². The van der Waals surface area contributed by atoms with Gasteiger partial charge in [-0.05, 0) is 42.4 Å². The van der Waals surface area contributed by atoms with E-state index in [1.54, 1.807) is 12.1 Å². The monoisotopic (exact) mass is 407 g/mol. The normalized spacial score (nSPS) is 26.0. The fraction of sp³-hybridized carbons (Fsp3) is 0.474. The van der Waals surface area contributed by atoms with Crippen molar-refractivity contribution in [3.63, 3.8) is 0 Å². The van der Waals surface area contributed by atoms with Crippen LogP contribution in [-0.2, 0) is 27.9 Å². The Morgan fingerprint density at radius 3 is 2.96 bits per heavy atom. The standard InChI is InChI=1S/C19H19ClFN3O2S/c20-11-1-2-14(21)12(7-11)19-9-13(19)17-15(22-18(27)24(17)10-19)8-16(25)23-3-5-26-6-4-23/h1-2,7,13H,3-6,8-10H2,(H,22,27)/t13-,19+/m0/s1. The van der Waals surface area contributed by atoms with Gasteiger partial charge in [-0.15, -0.1) is 0 Å². The van der Waals surface area contributed by atoms with Crippen LogP contribution < -0.4 is 0 Å². The number of H-pyrrole nitrogens is 1. The summed E-state index contributed by atoms with van der Waals surface area (Å²) >= 11 is 11.6. The smallest absolute Gasteiger partial charge is 0.228 e. The molecule has 2 fully saturated rings. The summed E-state index contributed by atoms with van der Waals surface area (Å²) in [5, 5.41) is 0.538. The van der Waals surface area contributed by atoms with Crippen molar-refractivity contribution in [2.24, 2.45) is 0 Å². The van der Waals surface area contributed by atoms with Gasteiger partial charge in [0.15, 0.2) is 4.77 Å². The number of carbonyl (C=O) groups is 1. The molecule has 3 heterocycles. The number of hydrogen-bond donors (Lipinski definition) is 1. The highest BCUT2D eigenvalue weighted by molar-refractivity contribution is 7.71. The van der Waals surface area contributed by atoms with E-state index in [1.807, 2.05) is 9.47 Å². The Balaban J connectivity index is 1.45. The summed E-state index contributed by atoms with van der Waals surface area (Å²) in [6.07, 6.45) is 1.15. The maximum absolute atomic E-state index is 14.5. The van der Waals surface area contributed by atoms with Crippen molar-refractivity contribution in [3.05, 3.63) is 50.8 Å². The number of ether oxygens (including phenoxy) is 1. The zero-order valence-electron chi connectivity index (χ0n) is 14.6. The summed E-state index contributed by atoms with van der Waals surface area (Å²) in [6.45, 7) is 3.03. The van der Waals surface area contributed by atoms with Crippen molar-refractivity contribution in [2.45, 2.75) is 30.7 Å². The lowest BCUT2D eigenvalue weighted by Gasteiger charge is -2.26. The third-order valence-corrected chi connectivity index (χ3v) is 6.66. The van der Waals surface area contributed by atoms with Crippen LogP contribution in [0.4, 0.5) is 4.39 Å². The predicted molar refractivity (Wildman–Crippen MR) is 101 cm³/mol. The fourth-order valence-corrected chi connectivity index (χ4v) is 5.14. The Morgan fingerprint density at radius 1 is 1.41 bits per heavy atom. The minimum absolute atomic E-state index is 0.0741. The number of carbonyl (C=O) groups excluding carboxylic acids is 1. The van der Waals surface area contributed by atoms with Gasteiger partial charge >= 0.3 is 0 Å². The topological polar surface area (TPSA) is 50.3 Å². The van der Waals surface area contributed by atoms with E-state index < -0.39 is 0 Å². The Morgan fingerprint density at radius 2 is 2.19 bits per heavy atom. The Labute approximate surface area is 166 Å². The van der Waals surface area contributed by atoms with Crippen molar-refractivity contribution in [3.8, 4) is 0 Å². The van der Waals surface area contributed by atoms with Crippen molar-refractivity contribution < 1.29 is 13.9 Å². The lowest BCUT2D eigenvalue weighted by molar-refractivity contribution is -0.134. The quantitative estimate of drug-likeness (QED) is 0.795. The van der Waals surface area contributed by atoms with Gasteiger partial charge in [-0.25, -0.2) is 4.39 Å². The van der Waals surface area contributed by atoms with Crippen LogP contribution in [-0.4, -0.2) is 46.7 Å². The molecule has 2 atom stereocenters. The van der Waals surface area contributed by atoms with Crippen molar-refractivity contribution in [1.82, 2.24) is 14.5 Å². The highest BCUT2D eigenvalue weighted by Crippen LogP contribution is 2.66. The summed E-state index contributed by atoms with van der Waals surface area (Å²) in [7, 11) is 0. The molecule has 0 radical (unpaired) electrons. The highest BCUT2D eigenvalue weighted by atomic mass is 35.5. The van der Waals surface area contributed by atoms with Crippen LogP contribution in [0.2, 0.25) is 5.02 Å². The Kier molecular flexibility index (Phi) is 3.97. The minimum atomic E-state index is -0.288. The molecule has 2 aliphatic heterocycles. The molecule has 1 amide bonds. The lowest BCUT2D eigenvalue weighted by Crippen LogP contribution is -2.41. The predicted octanol–water partition coefficient (Wildman–Crippen LogP) is 3.18. The number of aromatic amines is 1. The zero-order chi connectivity index (χ0) is 18.8. The van der Waals surface area contributed by atoms with Crippen molar-refractivity contribution >= 4 is 29.7 Å². The third-order valence-electron chi connectivity index (χ3n) is 6.11. The molecule has 1 aliphatic carbocycles. The molecule has 3 aliphatic rings. The molecule has 142 valence electrons. The van der Waals surface area contributed by atoms with Crippen molar-refractivity contribution in [1.29, 1.82) is 0 Å². The van der Waals surface area contributed by atoms with Crippen LogP contribution in [0.3, 0.4) is 0 Å². The molecule has 2 aromatic rings. The van der Waals surface area contributed by atoms with E-state index in [4.69, 9.17) is 28.6 Å². The summed E-state index contributed by atoms with van der Waals surface area (Å²) in [4.78, 5) is 17.7. The fourth-order valence-electron chi connectivity index (χ4n) is 4.68. The molecule has 5 rings (SSSR count). The number of benzene rings is 1. The van der Waals surface area contributed by atoms with Gasteiger partial charge in [0.25, 0.3) is 0 Å². The summed E-state index contributed by atoms with van der Waals surface area (Å²) in [5.74, 6) is 0.0180. The largest absolute Gasteiger partial charge is 0.378 e. The summed E-state index contributed by atoms with van der Waals surface area (Å²) in [6, 6.07) is 4.73. The number of fused-ring (bicyclic) bond motifs is 3. The molecule has 1 aromatic carbocycles. The first kappa shape index (κ1) is 17.4. The van der Waals surface area contributed by atoms with Crippen LogP contribution in [0.15, 0.2) is 18.2 Å². The van der Waals surface area contributed by atoms with E-state index in [0.29, 0.717) is 48.2 Å². The second-order valence-corrected chi connectivity index (χ2v) is 8.41. The van der Waals surface area contributed by atoms with Gasteiger partial charge in [-0.3, -0.25) is 4.79 Å². The number of morpholine rings is 1. The van der Waals surface area contributed by atoms with Crippen LogP contribution in [0.25, 0.3) is 0 Å². The number of nitrogens with one attached hydrogen (secondary N) is 1. The molecule has 5 nitrogen and oxygen atoms in total. The first-order valence-corrected chi connectivity index (χ1v) is 9.91. The van der Waals surface area contributed by atoms with Gasteiger partial charge in [0.2, 0.25) is 5.91 Å². The number of hydrogen-bond acceptors (Lipinski definition) is 3. The highest BCUT2D eigenvalue weighted by Gasteiger charge is 2.63. The average molecular weight is 408 g/mol. The minimum Gasteiger partial charge on any atom is -0.378 e. The van der Waals surface area contributed by atoms with Gasteiger partial charge in [0.05, 0.1) is 19.6 Å². The third kappa shape index (κ3) is 2.67. The number of amides is 1. The van der Waals surface area contributed by atoms with Crippen LogP contribution >= 0.6 is 23.8 Å². The van der Waals surface area contributed by atoms with E-state index in [0.717, 1.165) is 17.8 Å². The number of aromatic nitrogens is 2. The SMILES string of the molecule is O=C(Cc1[nH]c(=S)n2c1[C@@H]1C[C@]1(c1cc(Cl)ccc1F)C2)N1CCOCC1. The van der Waals surface area contributed by atoms with Gasteiger partial charge in [0, 0.05) is 47.4 Å². The second kappa shape index (κ2) is 6.15. The molecule has 8 heteroatoms. The number of nitrogens with zero attached hydrogens (tertiary/aromatic N) is 2. The van der Waals surface area contributed by atoms with Gasteiger partial charge in [0.1, 0.15) is 5.82 Å². The Hall–Kier alpha value is -1.70. The molecular weight excluding hydrogens is 389 g/mol. The van der Waals surface area contributed by atoms with E-state index in [-0.39, 0.29) is 29.5 Å². The van der Waals surface area contributed by atoms with Gasteiger partial charge in [-0.1, -0.05) is 11.6 Å². The zero-order valence-corrected chi connectivity index (χ0v) is 16.2. The van der Waals surface area contributed by atoms with E-state index in [9.17, 15) is 9.18 Å². The van der Waals surface area contributed by atoms with E-state index in [1.165, 1.54) is 6.07 Å². The molecule has 1 saturated carbocycles. The maximum atomic E-state index is 14.5. The Bertz CT molecular complexity index is 997. The maximum Gasteiger partial charge on any atom is 0.228 e. The molecule has 27 heavy (non-hydrogen) atoms. The molecule has 0 unspecified atom stereocenters. The van der Waals surface area contributed by atoms with Gasteiger partial charge in [-0.2, -0.15) is 0 Å². The molecular formula is C19H19ClFN3O2S. The number of rotatable bonds is 3. The average Bonchev–Trinajstić information content (AvgIpc) is 3.16. The van der Waals surface area contributed by atoms with Gasteiger partial charge < -0.3 is 19.2 Å². The molecule has 1 aromatic heterocycles. The molecule has 0 bridgehead atoms. The van der Waals surface area contributed by atoms with Crippen LogP contribution in [0.5, 0.6) is 0 Å². The first-order chi connectivity index (χ1) is 13.0. The number of halogens is 2. The molecule has 0 spiro atoms. The van der Waals surface area contributed by atoms with Crippen LogP contribution in [0.1, 0.15) is 29.3 Å². The summed E-state index contributed by atoms with van der Waals surface area (Å²) < 4.78 is 22.5. The van der Waals surface area contributed by atoms with E-state index >= 15 is 0 Å². The first-order valence-electron chi connectivity index (χ1n) is 9.12. The number of imidazole rings is 1. The van der Waals surface area contributed by atoms with E-state index in [2.05, 4.69) is 4.98 Å². The lowest BCUT2D eigenvalue weighted by atomic mass is 9.93.